The lowest BCUT2D eigenvalue weighted by atomic mass is 10.1. The molecule has 4 aliphatic heterocycles. The van der Waals surface area contributed by atoms with Crippen molar-refractivity contribution in [3.05, 3.63) is 24.2 Å². The number of rotatable bonds is 0. The lowest BCUT2D eigenvalue weighted by molar-refractivity contribution is 0.192. The SMILES string of the molecule is C1=C[C@]23CNC(=CN2C1)N=N3. The monoisotopic (exact) mass is 148 g/mol. The lowest BCUT2D eigenvalue weighted by Gasteiger charge is -2.39. The molecule has 1 N–H and O–H groups in total. The van der Waals surface area contributed by atoms with Crippen molar-refractivity contribution >= 4 is 0 Å². The van der Waals surface area contributed by atoms with E-state index >= 15 is 0 Å². The van der Waals surface area contributed by atoms with Crippen LogP contribution in [0.3, 0.4) is 0 Å². The van der Waals surface area contributed by atoms with Crippen molar-refractivity contribution in [3.63, 3.8) is 0 Å². The van der Waals surface area contributed by atoms with Crippen LogP contribution in [-0.4, -0.2) is 23.7 Å². The Morgan fingerprint density at radius 1 is 1.64 bits per heavy atom. The van der Waals surface area contributed by atoms with Gasteiger partial charge in [0.2, 0.25) is 0 Å². The van der Waals surface area contributed by atoms with Crippen molar-refractivity contribution in [1.29, 1.82) is 0 Å². The molecule has 1 atom stereocenters. The molecule has 0 fully saturated rings. The van der Waals surface area contributed by atoms with Gasteiger partial charge < -0.3 is 10.2 Å². The van der Waals surface area contributed by atoms with Gasteiger partial charge in [-0.05, 0) is 6.08 Å². The van der Waals surface area contributed by atoms with Crippen LogP contribution in [0.1, 0.15) is 0 Å². The summed E-state index contributed by atoms with van der Waals surface area (Å²) >= 11 is 0. The predicted octanol–water partition coefficient (Wildman–Crippen LogP) is 0.422. The minimum absolute atomic E-state index is 0.179. The van der Waals surface area contributed by atoms with E-state index in [0.29, 0.717) is 0 Å². The Bertz CT molecular complexity index is 291. The molecule has 0 aromatic heterocycles. The van der Waals surface area contributed by atoms with Crippen molar-refractivity contribution in [1.82, 2.24) is 10.2 Å². The third kappa shape index (κ3) is 0.506. The topological polar surface area (TPSA) is 40.0 Å². The normalized spacial score (nSPS) is 37.1. The molecule has 0 unspecified atom stereocenters. The van der Waals surface area contributed by atoms with E-state index in [2.05, 4.69) is 32.6 Å². The van der Waals surface area contributed by atoms with Gasteiger partial charge in [-0.1, -0.05) is 6.08 Å². The van der Waals surface area contributed by atoms with E-state index in [4.69, 9.17) is 0 Å². The number of nitrogens with zero attached hydrogens (tertiary/aromatic N) is 3. The lowest BCUT2D eigenvalue weighted by Crippen LogP contribution is -2.52. The molecule has 0 saturated heterocycles. The highest BCUT2D eigenvalue weighted by molar-refractivity contribution is 5.25. The molecule has 0 amide bonds. The maximum atomic E-state index is 4.22. The fourth-order valence-electron chi connectivity index (χ4n) is 1.68. The Balaban J connectivity index is 2.18. The maximum Gasteiger partial charge on any atom is 0.189 e. The fraction of sp³-hybridized carbons (Fsp3) is 0.429. The van der Waals surface area contributed by atoms with Crippen LogP contribution < -0.4 is 5.32 Å². The van der Waals surface area contributed by atoms with E-state index in [1.807, 2.05) is 6.20 Å². The third-order valence-corrected chi connectivity index (χ3v) is 2.32. The summed E-state index contributed by atoms with van der Waals surface area (Å²) < 4.78 is 0. The Morgan fingerprint density at radius 3 is 3.36 bits per heavy atom. The van der Waals surface area contributed by atoms with Gasteiger partial charge in [-0.2, -0.15) is 5.11 Å². The van der Waals surface area contributed by atoms with Crippen LogP contribution >= 0.6 is 0 Å². The second-order valence-electron chi connectivity index (χ2n) is 3.00. The number of hydrogen-bond acceptors (Lipinski definition) is 4. The first-order valence-corrected chi connectivity index (χ1v) is 3.72. The highest BCUT2D eigenvalue weighted by Crippen LogP contribution is 2.32. The molecule has 4 aliphatic rings. The van der Waals surface area contributed by atoms with E-state index in [1.165, 1.54) is 0 Å². The Labute approximate surface area is 64.3 Å². The van der Waals surface area contributed by atoms with Crippen molar-refractivity contribution in [2.24, 2.45) is 10.2 Å². The zero-order chi connectivity index (χ0) is 7.31. The number of hydrogen-bond donors (Lipinski definition) is 1. The van der Waals surface area contributed by atoms with Gasteiger partial charge in [0.1, 0.15) is 0 Å². The van der Waals surface area contributed by atoms with Gasteiger partial charge in [-0.25, -0.2) is 0 Å². The largest absolute Gasteiger partial charge is 0.363 e. The molecule has 0 aromatic carbocycles. The van der Waals surface area contributed by atoms with Crippen LogP contribution in [0.4, 0.5) is 0 Å². The van der Waals surface area contributed by atoms with Gasteiger partial charge in [0.15, 0.2) is 11.5 Å². The second kappa shape index (κ2) is 1.47. The molecule has 1 spiro atoms. The van der Waals surface area contributed by atoms with Crippen LogP contribution in [0.25, 0.3) is 0 Å². The van der Waals surface area contributed by atoms with Gasteiger partial charge in [0.25, 0.3) is 0 Å². The summed E-state index contributed by atoms with van der Waals surface area (Å²) in [7, 11) is 0. The molecular weight excluding hydrogens is 140 g/mol. The summed E-state index contributed by atoms with van der Waals surface area (Å²) in [4.78, 5) is 2.20. The second-order valence-corrected chi connectivity index (χ2v) is 3.00. The van der Waals surface area contributed by atoms with Crippen LogP contribution in [-0.2, 0) is 0 Å². The average molecular weight is 148 g/mol. The first-order chi connectivity index (χ1) is 5.39. The average Bonchev–Trinajstić information content (AvgIpc) is 2.47. The zero-order valence-electron chi connectivity index (χ0n) is 5.99. The summed E-state index contributed by atoms with van der Waals surface area (Å²) in [6, 6.07) is 0. The van der Waals surface area contributed by atoms with E-state index in [-0.39, 0.29) is 5.66 Å². The first kappa shape index (κ1) is 5.35. The van der Waals surface area contributed by atoms with Crippen LogP contribution in [0.5, 0.6) is 0 Å². The van der Waals surface area contributed by atoms with Crippen LogP contribution in [0, 0.1) is 0 Å². The minimum Gasteiger partial charge on any atom is -0.363 e. The fourth-order valence-corrected chi connectivity index (χ4v) is 1.68. The van der Waals surface area contributed by atoms with Gasteiger partial charge in [0, 0.05) is 12.7 Å². The summed E-state index contributed by atoms with van der Waals surface area (Å²) in [6.07, 6.45) is 6.26. The molecule has 0 aliphatic carbocycles. The summed E-state index contributed by atoms with van der Waals surface area (Å²) in [5.74, 6) is 0.885. The predicted molar refractivity (Wildman–Crippen MR) is 39.5 cm³/mol. The summed E-state index contributed by atoms with van der Waals surface area (Å²) in [6.45, 7) is 1.82. The molecule has 0 aromatic rings. The van der Waals surface area contributed by atoms with E-state index < -0.39 is 0 Å². The molecule has 56 valence electrons. The van der Waals surface area contributed by atoms with E-state index in [1.54, 1.807) is 0 Å². The van der Waals surface area contributed by atoms with Gasteiger partial charge in [-0.3, -0.25) is 0 Å². The van der Waals surface area contributed by atoms with E-state index in [0.717, 1.165) is 18.9 Å². The Morgan fingerprint density at radius 2 is 2.64 bits per heavy atom. The molecule has 4 nitrogen and oxygen atoms in total. The number of azo groups is 1. The smallest absolute Gasteiger partial charge is 0.189 e. The number of nitrogens with one attached hydrogen (secondary N) is 1. The summed E-state index contributed by atoms with van der Waals surface area (Å²) in [5, 5.41) is 11.4. The third-order valence-electron chi connectivity index (χ3n) is 2.32. The molecule has 4 heterocycles. The van der Waals surface area contributed by atoms with Gasteiger partial charge in [-0.15, -0.1) is 5.11 Å². The van der Waals surface area contributed by atoms with Gasteiger partial charge in [0.05, 0.1) is 6.54 Å². The molecule has 2 bridgehead atoms. The van der Waals surface area contributed by atoms with E-state index in [9.17, 15) is 0 Å². The molecule has 0 radical (unpaired) electrons. The van der Waals surface area contributed by atoms with Crippen LogP contribution in [0.2, 0.25) is 0 Å². The zero-order valence-corrected chi connectivity index (χ0v) is 5.99. The van der Waals surface area contributed by atoms with Crippen molar-refractivity contribution in [2.45, 2.75) is 5.66 Å². The van der Waals surface area contributed by atoms with Gasteiger partial charge >= 0.3 is 0 Å². The minimum atomic E-state index is -0.179. The Kier molecular flexibility index (Phi) is 0.713. The molecule has 11 heavy (non-hydrogen) atoms. The van der Waals surface area contributed by atoms with Crippen LogP contribution in [0.15, 0.2) is 34.4 Å². The highest BCUT2D eigenvalue weighted by atomic mass is 15.5. The van der Waals surface area contributed by atoms with Crippen molar-refractivity contribution < 1.29 is 0 Å². The standard InChI is InChI=1S/C7H8N4/c1-2-7-5-8-6(9-10-7)4-11(7)3-1/h1-2,4,8H,3,5H2/t7-/m1/s1. The first-order valence-electron chi connectivity index (χ1n) is 3.72. The summed E-state index contributed by atoms with van der Waals surface area (Å²) in [5.41, 5.74) is -0.179. The molecular formula is C7H8N4. The quantitative estimate of drug-likeness (QED) is 0.506. The number of fused-ring (bicyclic) bond motifs is 1. The maximum absolute atomic E-state index is 4.22. The molecule has 0 saturated carbocycles. The molecule has 4 heteroatoms. The van der Waals surface area contributed by atoms with Crippen molar-refractivity contribution in [2.75, 3.05) is 13.1 Å². The van der Waals surface area contributed by atoms with Crippen molar-refractivity contribution in [3.8, 4) is 0 Å². The Hall–Kier alpha value is -1.32. The highest BCUT2D eigenvalue weighted by Gasteiger charge is 2.41. The molecule has 4 rings (SSSR count).